The highest BCUT2D eigenvalue weighted by atomic mass is 16.5. The molecule has 0 fully saturated rings. The summed E-state index contributed by atoms with van der Waals surface area (Å²) in [5, 5.41) is 11.4. The van der Waals surface area contributed by atoms with Gasteiger partial charge in [0.1, 0.15) is 6.04 Å². The molecule has 1 unspecified atom stereocenters. The van der Waals surface area contributed by atoms with E-state index in [0.717, 1.165) is 0 Å². The number of rotatable bonds is 5. The molecule has 0 aliphatic rings. The van der Waals surface area contributed by atoms with Gasteiger partial charge in [-0.25, -0.2) is 4.79 Å². The normalized spacial score (nSPS) is 11.9. The predicted octanol–water partition coefficient (Wildman–Crippen LogP) is 0.605. The van der Waals surface area contributed by atoms with E-state index in [1.807, 2.05) is 0 Å². The summed E-state index contributed by atoms with van der Waals surface area (Å²) in [5.41, 5.74) is 6.94. The number of aromatic carboxylic acids is 1. The van der Waals surface area contributed by atoms with Gasteiger partial charge in [0.05, 0.1) is 12.2 Å². The van der Waals surface area contributed by atoms with E-state index in [2.05, 4.69) is 5.32 Å². The van der Waals surface area contributed by atoms with E-state index in [9.17, 15) is 9.59 Å². The average molecular weight is 252 g/mol. The second-order valence-electron chi connectivity index (χ2n) is 3.89. The van der Waals surface area contributed by atoms with E-state index in [1.165, 1.54) is 25.3 Å². The van der Waals surface area contributed by atoms with Gasteiger partial charge in [0.15, 0.2) is 0 Å². The fourth-order valence-corrected chi connectivity index (χ4v) is 1.42. The number of benzene rings is 1. The molecule has 1 aromatic carbocycles. The molecule has 1 rings (SSSR count). The Balaban J connectivity index is 2.79. The number of hydrogen-bond donors (Lipinski definition) is 3. The van der Waals surface area contributed by atoms with Gasteiger partial charge in [0.25, 0.3) is 0 Å². The largest absolute Gasteiger partial charge is 0.478 e. The molecule has 1 aromatic rings. The first kappa shape index (κ1) is 14.1. The number of aryl methyl sites for hydroxylation is 1. The second kappa shape index (κ2) is 6.13. The zero-order valence-electron chi connectivity index (χ0n) is 10.3. The van der Waals surface area contributed by atoms with Crippen molar-refractivity contribution in [1.29, 1.82) is 0 Å². The molecule has 0 spiro atoms. The van der Waals surface area contributed by atoms with Gasteiger partial charge < -0.3 is 20.9 Å². The maximum Gasteiger partial charge on any atom is 0.335 e. The van der Waals surface area contributed by atoms with Crippen molar-refractivity contribution in [2.75, 3.05) is 19.0 Å². The summed E-state index contributed by atoms with van der Waals surface area (Å²) in [7, 11) is 1.46. The molecule has 0 heterocycles. The molecule has 1 amide bonds. The molecule has 98 valence electrons. The molecule has 4 N–H and O–H groups in total. The topological polar surface area (TPSA) is 102 Å². The quantitative estimate of drug-likeness (QED) is 0.712. The number of carboxylic acid groups (broad SMARTS) is 1. The Morgan fingerprint density at radius 2 is 2.17 bits per heavy atom. The number of nitrogens with two attached hydrogens (primary N) is 1. The van der Waals surface area contributed by atoms with Crippen LogP contribution in [0.3, 0.4) is 0 Å². The van der Waals surface area contributed by atoms with E-state index in [4.69, 9.17) is 15.6 Å². The lowest BCUT2D eigenvalue weighted by molar-refractivity contribution is -0.118. The summed E-state index contributed by atoms with van der Waals surface area (Å²) in [4.78, 5) is 22.4. The molecule has 0 saturated heterocycles. The first-order valence-electron chi connectivity index (χ1n) is 5.35. The maximum absolute atomic E-state index is 11.6. The Hall–Kier alpha value is -1.92. The SMILES string of the molecule is COCC(N)C(=O)Nc1ccc(C(=O)O)cc1C. The highest BCUT2D eigenvalue weighted by molar-refractivity contribution is 5.96. The monoisotopic (exact) mass is 252 g/mol. The first-order chi connectivity index (χ1) is 8.45. The highest BCUT2D eigenvalue weighted by Crippen LogP contribution is 2.16. The average Bonchev–Trinajstić information content (AvgIpc) is 2.31. The first-order valence-corrected chi connectivity index (χ1v) is 5.35. The van der Waals surface area contributed by atoms with Crippen molar-refractivity contribution in [1.82, 2.24) is 0 Å². The van der Waals surface area contributed by atoms with Crippen LogP contribution in [0.2, 0.25) is 0 Å². The van der Waals surface area contributed by atoms with Gasteiger partial charge in [-0.05, 0) is 30.7 Å². The Bertz CT molecular complexity index is 459. The molecule has 0 radical (unpaired) electrons. The molecule has 0 aliphatic heterocycles. The molecule has 6 nitrogen and oxygen atoms in total. The smallest absolute Gasteiger partial charge is 0.335 e. The lowest BCUT2D eigenvalue weighted by Crippen LogP contribution is -2.39. The number of anilines is 1. The molecular weight excluding hydrogens is 236 g/mol. The number of amides is 1. The van der Waals surface area contributed by atoms with Gasteiger partial charge in [-0.15, -0.1) is 0 Å². The van der Waals surface area contributed by atoms with Crippen molar-refractivity contribution >= 4 is 17.6 Å². The third kappa shape index (κ3) is 3.54. The van der Waals surface area contributed by atoms with E-state index in [1.54, 1.807) is 6.92 Å². The fourth-order valence-electron chi connectivity index (χ4n) is 1.42. The molecule has 18 heavy (non-hydrogen) atoms. The third-order valence-corrected chi connectivity index (χ3v) is 2.41. The van der Waals surface area contributed by atoms with E-state index >= 15 is 0 Å². The van der Waals surface area contributed by atoms with Crippen LogP contribution < -0.4 is 11.1 Å². The number of methoxy groups -OCH3 is 1. The van der Waals surface area contributed by atoms with Gasteiger partial charge in [0, 0.05) is 12.8 Å². The number of hydrogen-bond acceptors (Lipinski definition) is 4. The van der Waals surface area contributed by atoms with Gasteiger partial charge in [-0.1, -0.05) is 0 Å². The Kier molecular flexibility index (Phi) is 4.82. The van der Waals surface area contributed by atoms with Crippen LogP contribution >= 0.6 is 0 Å². The molecule has 1 atom stereocenters. The van der Waals surface area contributed by atoms with Crippen LogP contribution in [0.1, 0.15) is 15.9 Å². The zero-order valence-corrected chi connectivity index (χ0v) is 10.3. The third-order valence-electron chi connectivity index (χ3n) is 2.41. The van der Waals surface area contributed by atoms with E-state index < -0.39 is 12.0 Å². The van der Waals surface area contributed by atoms with Crippen molar-refractivity contribution in [3.63, 3.8) is 0 Å². The van der Waals surface area contributed by atoms with Gasteiger partial charge in [-0.3, -0.25) is 4.79 Å². The van der Waals surface area contributed by atoms with E-state index in [0.29, 0.717) is 11.3 Å². The Labute approximate surface area is 105 Å². The van der Waals surface area contributed by atoms with Crippen LogP contribution in [-0.4, -0.2) is 36.7 Å². The van der Waals surface area contributed by atoms with Gasteiger partial charge >= 0.3 is 5.97 Å². The Morgan fingerprint density at radius 1 is 1.50 bits per heavy atom. The van der Waals surface area contributed by atoms with Crippen molar-refractivity contribution < 1.29 is 19.4 Å². The van der Waals surface area contributed by atoms with Crippen LogP contribution in [0.15, 0.2) is 18.2 Å². The standard InChI is InChI=1S/C12H16N2O4/c1-7-5-8(12(16)17)3-4-10(7)14-11(15)9(13)6-18-2/h3-5,9H,6,13H2,1-2H3,(H,14,15)(H,16,17). The summed E-state index contributed by atoms with van der Waals surface area (Å²) in [5.74, 6) is -1.38. The van der Waals surface area contributed by atoms with Crippen LogP contribution in [0, 0.1) is 6.92 Å². The number of carbonyl (C=O) groups is 2. The predicted molar refractivity (Wildman–Crippen MR) is 66.6 cm³/mol. The zero-order chi connectivity index (χ0) is 13.7. The lowest BCUT2D eigenvalue weighted by atomic mass is 10.1. The minimum Gasteiger partial charge on any atom is -0.478 e. The molecule has 6 heteroatoms. The van der Waals surface area contributed by atoms with Crippen LogP contribution in [0.4, 0.5) is 5.69 Å². The lowest BCUT2D eigenvalue weighted by Gasteiger charge is -2.13. The fraction of sp³-hybridized carbons (Fsp3) is 0.333. The summed E-state index contributed by atoms with van der Waals surface area (Å²) in [6.07, 6.45) is 0. The molecule has 0 aromatic heterocycles. The summed E-state index contributed by atoms with van der Waals surface area (Å²) < 4.78 is 4.78. The van der Waals surface area contributed by atoms with Crippen LogP contribution in [0.25, 0.3) is 0 Å². The minimum atomic E-state index is -1.01. The summed E-state index contributed by atoms with van der Waals surface area (Å²) in [6.45, 7) is 1.84. The molecule has 0 bridgehead atoms. The Morgan fingerprint density at radius 3 is 2.67 bits per heavy atom. The summed E-state index contributed by atoms with van der Waals surface area (Å²) >= 11 is 0. The number of ether oxygens (including phenoxy) is 1. The number of nitrogens with one attached hydrogen (secondary N) is 1. The minimum absolute atomic E-state index is 0.123. The summed E-state index contributed by atoms with van der Waals surface area (Å²) in [6, 6.07) is 3.69. The van der Waals surface area contributed by atoms with E-state index in [-0.39, 0.29) is 18.1 Å². The maximum atomic E-state index is 11.6. The van der Waals surface area contributed by atoms with Gasteiger partial charge in [0.2, 0.25) is 5.91 Å². The molecule has 0 aliphatic carbocycles. The van der Waals surface area contributed by atoms with Crippen molar-refractivity contribution in [3.8, 4) is 0 Å². The molecule has 0 saturated carbocycles. The second-order valence-corrected chi connectivity index (χ2v) is 3.89. The van der Waals surface area contributed by atoms with Crippen LogP contribution in [0.5, 0.6) is 0 Å². The van der Waals surface area contributed by atoms with Crippen molar-refractivity contribution in [2.45, 2.75) is 13.0 Å². The van der Waals surface area contributed by atoms with Crippen molar-refractivity contribution in [3.05, 3.63) is 29.3 Å². The number of carbonyl (C=O) groups excluding carboxylic acids is 1. The van der Waals surface area contributed by atoms with Gasteiger partial charge in [-0.2, -0.15) is 0 Å². The number of carboxylic acids is 1. The highest BCUT2D eigenvalue weighted by Gasteiger charge is 2.14. The molecular formula is C12H16N2O4. The van der Waals surface area contributed by atoms with Crippen molar-refractivity contribution in [2.24, 2.45) is 5.73 Å². The van der Waals surface area contributed by atoms with Crippen LogP contribution in [-0.2, 0) is 9.53 Å².